The number of hydrogen-bond donors (Lipinski definition) is 1. The summed E-state index contributed by atoms with van der Waals surface area (Å²) in [5, 5.41) is 8.98. The topological polar surface area (TPSA) is 46.5 Å². The highest BCUT2D eigenvalue weighted by atomic mass is 16.5. The summed E-state index contributed by atoms with van der Waals surface area (Å²) in [6, 6.07) is 0. The summed E-state index contributed by atoms with van der Waals surface area (Å²) in [4.78, 5) is 10.6. The van der Waals surface area contributed by atoms with Crippen LogP contribution in [0.25, 0.3) is 0 Å². The van der Waals surface area contributed by atoms with E-state index in [-0.39, 0.29) is 6.42 Å². The zero-order valence-corrected chi connectivity index (χ0v) is 5.41. The van der Waals surface area contributed by atoms with E-state index in [2.05, 4.69) is 10.7 Å². The lowest BCUT2D eigenvalue weighted by Crippen LogP contribution is -2.31. The van der Waals surface area contributed by atoms with Crippen molar-refractivity contribution in [3.8, 4) is 12.3 Å². The molecule has 10 heavy (non-hydrogen) atoms. The van der Waals surface area contributed by atoms with Crippen molar-refractivity contribution in [2.45, 2.75) is 25.0 Å². The minimum atomic E-state index is -0.623. The van der Waals surface area contributed by atoms with Crippen molar-refractivity contribution < 1.29 is 14.6 Å². The Morgan fingerprint density at radius 3 is 3.00 bits per heavy atom. The van der Waals surface area contributed by atoms with Gasteiger partial charge >= 0.3 is 5.97 Å². The fourth-order valence-corrected chi connectivity index (χ4v) is 0.880. The average molecular weight is 140 g/mol. The van der Waals surface area contributed by atoms with Gasteiger partial charge in [0.2, 0.25) is 0 Å². The predicted octanol–water partition coefficient (Wildman–Crippen LogP) is -0.314. The van der Waals surface area contributed by atoms with E-state index in [1.54, 1.807) is 0 Å². The van der Waals surface area contributed by atoms with Crippen molar-refractivity contribution in [2.24, 2.45) is 0 Å². The smallest absolute Gasteiger partial charge is 0.309 e. The zero-order valence-electron chi connectivity index (χ0n) is 5.41. The Morgan fingerprint density at radius 2 is 2.50 bits per heavy atom. The summed E-state index contributed by atoms with van der Waals surface area (Å²) in [6.07, 6.45) is 4.27. The molecule has 0 saturated carbocycles. The monoisotopic (exact) mass is 140 g/mol. The van der Waals surface area contributed by atoms with Crippen molar-refractivity contribution in [1.29, 1.82) is 0 Å². The number of carbonyl (C=O) groups is 1. The number of cyclic esters (lactones) is 1. The van der Waals surface area contributed by atoms with Crippen molar-refractivity contribution in [1.82, 2.24) is 0 Å². The zero-order chi connectivity index (χ0) is 7.56. The molecule has 1 aliphatic rings. The molecule has 0 aromatic rings. The third-order valence-corrected chi connectivity index (χ3v) is 1.35. The number of aliphatic hydroxyl groups excluding tert-OH is 1. The highest BCUT2D eigenvalue weighted by Crippen LogP contribution is 2.13. The maximum atomic E-state index is 10.6. The maximum Gasteiger partial charge on any atom is 0.309 e. The maximum absolute atomic E-state index is 10.6. The second-order valence-electron chi connectivity index (χ2n) is 2.24. The van der Waals surface area contributed by atoms with Gasteiger partial charge in [-0.25, -0.2) is 0 Å². The number of carbonyl (C=O) groups excluding carboxylic acids is 1. The third kappa shape index (κ3) is 1.49. The van der Waals surface area contributed by atoms with Crippen LogP contribution in [0.1, 0.15) is 12.8 Å². The fourth-order valence-electron chi connectivity index (χ4n) is 0.880. The van der Waals surface area contributed by atoms with Crippen molar-refractivity contribution in [3.05, 3.63) is 0 Å². The summed E-state index contributed by atoms with van der Waals surface area (Å²) >= 11 is 0. The van der Waals surface area contributed by atoms with Gasteiger partial charge in [0.15, 0.2) is 6.10 Å². The highest BCUT2D eigenvalue weighted by Gasteiger charge is 2.25. The van der Waals surface area contributed by atoms with Crippen molar-refractivity contribution in [2.75, 3.05) is 0 Å². The Morgan fingerprint density at radius 1 is 1.80 bits per heavy atom. The van der Waals surface area contributed by atoms with Crippen LogP contribution < -0.4 is 0 Å². The van der Waals surface area contributed by atoms with Crippen LogP contribution in [0.2, 0.25) is 0 Å². The van der Waals surface area contributed by atoms with Gasteiger partial charge in [0.25, 0.3) is 0 Å². The first-order valence-electron chi connectivity index (χ1n) is 3.06. The Labute approximate surface area is 59.0 Å². The van der Waals surface area contributed by atoms with Crippen LogP contribution in [0.5, 0.6) is 0 Å². The fraction of sp³-hybridized carbons (Fsp3) is 0.571. The van der Waals surface area contributed by atoms with Crippen LogP contribution in [-0.4, -0.2) is 23.3 Å². The van der Waals surface area contributed by atoms with Gasteiger partial charge in [0, 0.05) is 6.42 Å². The molecule has 3 nitrogen and oxygen atoms in total. The number of rotatable bonds is 0. The third-order valence-electron chi connectivity index (χ3n) is 1.35. The summed E-state index contributed by atoms with van der Waals surface area (Å²) in [6.45, 7) is 0. The van der Waals surface area contributed by atoms with E-state index in [0.29, 0.717) is 6.42 Å². The van der Waals surface area contributed by atoms with Crippen LogP contribution in [0.3, 0.4) is 0 Å². The molecule has 1 heterocycles. The molecule has 2 unspecified atom stereocenters. The van der Waals surface area contributed by atoms with Crippen LogP contribution in [0, 0.1) is 12.3 Å². The largest absolute Gasteiger partial charge is 0.449 e. The minimum absolute atomic E-state index is 0.0676. The first-order chi connectivity index (χ1) is 4.72. The molecule has 1 fully saturated rings. The Kier molecular flexibility index (Phi) is 1.93. The summed E-state index contributed by atoms with van der Waals surface area (Å²) in [7, 11) is 0. The molecule has 54 valence electrons. The Hall–Kier alpha value is -1.01. The quantitative estimate of drug-likeness (QED) is 0.370. The molecule has 0 spiro atoms. The van der Waals surface area contributed by atoms with Crippen LogP contribution in [0.15, 0.2) is 0 Å². The summed E-state index contributed by atoms with van der Waals surface area (Å²) < 4.78 is 4.67. The van der Waals surface area contributed by atoms with Crippen LogP contribution in [-0.2, 0) is 9.53 Å². The van der Waals surface area contributed by atoms with Gasteiger partial charge in [0.1, 0.15) is 0 Å². The summed E-state index contributed by atoms with van der Waals surface area (Å²) in [5.74, 6) is 1.85. The molecule has 1 saturated heterocycles. The lowest BCUT2D eigenvalue weighted by Gasteiger charge is -2.21. The number of hydrogen-bond acceptors (Lipinski definition) is 3. The molecule has 0 amide bonds. The average Bonchev–Trinajstić information content (AvgIpc) is 1.85. The predicted molar refractivity (Wildman–Crippen MR) is 34.0 cm³/mol. The Balaban J connectivity index is 2.52. The van der Waals surface area contributed by atoms with E-state index in [9.17, 15) is 4.79 Å². The highest BCUT2D eigenvalue weighted by molar-refractivity contribution is 5.71. The number of esters is 1. The van der Waals surface area contributed by atoms with E-state index in [0.717, 1.165) is 0 Å². The van der Waals surface area contributed by atoms with Crippen molar-refractivity contribution >= 4 is 5.97 Å². The number of terminal acetylenes is 1. The lowest BCUT2D eigenvalue weighted by molar-refractivity contribution is -0.155. The molecule has 1 N–H and O–H groups in total. The molecule has 0 aromatic heterocycles. The molecular weight excluding hydrogens is 132 g/mol. The van der Waals surface area contributed by atoms with E-state index in [1.165, 1.54) is 0 Å². The van der Waals surface area contributed by atoms with Crippen LogP contribution >= 0.6 is 0 Å². The molecule has 2 atom stereocenters. The molecule has 0 aromatic carbocycles. The molecular formula is C7H8O3. The van der Waals surface area contributed by atoms with E-state index < -0.39 is 18.2 Å². The summed E-state index contributed by atoms with van der Waals surface area (Å²) in [5.41, 5.74) is 0. The molecule has 0 bridgehead atoms. The van der Waals surface area contributed by atoms with Gasteiger partial charge in [-0.15, -0.1) is 6.42 Å². The van der Waals surface area contributed by atoms with E-state index >= 15 is 0 Å². The minimum Gasteiger partial charge on any atom is -0.449 e. The van der Waals surface area contributed by atoms with Gasteiger partial charge in [-0.2, -0.15) is 0 Å². The molecule has 0 aliphatic carbocycles. The second-order valence-corrected chi connectivity index (χ2v) is 2.24. The molecule has 0 radical (unpaired) electrons. The van der Waals surface area contributed by atoms with Gasteiger partial charge in [0.05, 0.1) is 12.5 Å². The van der Waals surface area contributed by atoms with Crippen molar-refractivity contribution in [3.63, 3.8) is 0 Å². The number of ether oxygens (including phenoxy) is 1. The normalized spacial score (nSPS) is 32.6. The van der Waals surface area contributed by atoms with Gasteiger partial charge in [-0.1, -0.05) is 5.92 Å². The first-order valence-corrected chi connectivity index (χ1v) is 3.06. The van der Waals surface area contributed by atoms with Gasteiger partial charge in [-0.05, 0) is 0 Å². The second kappa shape index (κ2) is 2.72. The van der Waals surface area contributed by atoms with Gasteiger partial charge in [-0.3, -0.25) is 4.79 Å². The molecule has 3 heteroatoms. The molecule has 1 aliphatic heterocycles. The standard InChI is InChI=1S/C7H8O3/c1-2-6-3-5(8)4-7(9)10-6/h1,5-6,8H,3-4H2. The van der Waals surface area contributed by atoms with Gasteiger partial charge < -0.3 is 9.84 Å². The Bertz CT molecular complexity index is 180. The SMILES string of the molecule is C#CC1CC(O)CC(=O)O1. The molecule has 1 rings (SSSR count). The van der Waals surface area contributed by atoms with E-state index in [4.69, 9.17) is 11.5 Å². The van der Waals surface area contributed by atoms with Crippen LogP contribution in [0.4, 0.5) is 0 Å². The first kappa shape index (κ1) is 7.10. The van der Waals surface area contributed by atoms with E-state index in [1.807, 2.05) is 0 Å². The lowest BCUT2D eigenvalue weighted by atomic mass is 10.1. The number of aliphatic hydroxyl groups is 1.